The molecule has 4 unspecified atom stereocenters. The van der Waals surface area contributed by atoms with Crippen LogP contribution >= 0.6 is 0 Å². The molecule has 0 saturated carbocycles. The number of para-hydroxylation sites is 2. The summed E-state index contributed by atoms with van der Waals surface area (Å²) in [5, 5.41) is 13.4. The standard InChI is InChI=1S/C27H43F2N3O/c1-6-27(5,26-31-23-9-7-8-10-24(23)32(26)16-25(28)29)13-22(19(4)11-18(2)3)21-12-20(17-33)14-30-15-21/h7-10,18-22,25,30,33H,6,11-17H2,1-5H3/t19?,20?,21?,22?,27-/m0/s1. The number of fused-ring (bicyclic) bond motifs is 1. The maximum Gasteiger partial charge on any atom is 0.256 e. The average molecular weight is 464 g/mol. The Kier molecular flexibility index (Phi) is 8.90. The van der Waals surface area contributed by atoms with Gasteiger partial charge >= 0.3 is 0 Å². The number of piperidine rings is 1. The van der Waals surface area contributed by atoms with E-state index < -0.39 is 6.43 Å². The third-order valence-corrected chi connectivity index (χ3v) is 7.89. The predicted octanol–water partition coefficient (Wildman–Crippen LogP) is 5.88. The number of hydrogen-bond acceptors (Lipinski definition) is 3. The van der Waals surface area contributed by atoms with Crippen molar-refractivity contribution < 1.29 is 13.9 Å². The lowest BCUT2D eigenvalue weighted by Crippen LogP contribution is -2.44. The van der Waals surface area contributed by atoms with E-state index in [1.54, 1.807) is 4.57 Å². The maximum absolute atomic E-state index is 13.6. The molecule has 186 valence electrons. The third kappa shape index (κ3) is 6.13. The van der Waals surface area contributed by atoms with Crippen molar-refractivity contribution in [1.82, 2.24) is 14.9 Å². The Bertz CT molecular complexity index is 883. The first-order valence-electron chi connectivity index (χ1n) is 12.7. The highest BCUT2D eigenvalue weighted by Gasteiger charge is 2.40. The number of hydrogen-bond donors (Lipinski definition) is 2. The summed E-state index contributed by atoms with van der Waals surface area (Å²) >= 11 is 0. The van der Waals surface area contributed by atoms with E-state index in [4.69, 9.17) is 4.98 Å². The van der Waals surface area contributed by atoms with Gasteiger partial charge in [0.15, 0.2) is 0 Å². The summed E-state index contributed by atoms with van der Waals surface area (Å²) in [5.41, 5.74) is 1.27. The molecule has 1 aliphatic rings. The number of aliphatic hydroxyl groups is 1. The third-order valence-electron chi connectivity index (χ3n) is 7.89. The normalized spacial score (nSPS) is 23.2. The summed E-state index contributed by atoms with van der Waals surface area (Å²) in [7, 11) is 0. The number of benzene rings is 1. The smallest absolute Gasteiger partial charge is 0.256 e. The van der Waals surface area contributed by atoms with Gasteiger partial charge in [-0.05, 0) is 74.0 Å². The zero-order valence-electron chi connectivity index (χ0n) is 21.0. The number of halogens is 2. The SMILES string of the molecule is CC[C@@](C)(CC(C(C)CC(C)C)C1CNCC(CO)C1)c1nc2ccccc2n1CC(F)F. The Labute approximate surface area is 198 Å². The van der Waals surface area contributed by atoms with E-state index in [9.17, 15) is 13.9 Å². The van der Waals surface area contributed by atoms with E-state index in [2.05, 4.69) is 39.9 Å². The van der Waals surface area contributed by atoms with Gasteiger partial charge in [-0.1, -0.05) is 46.8 Å². The summed E-state index contributed by atoms with van der Waals surface area (Å²) < 4.78 is 29.0. The Morgan fingerprint density at radius 1 is 1.21 bits per heavy atom. The molecule has 2 aromatic rings. The molecule has 0 bridgehead atoms. The van der Waals surface area contributed by atoms with Crippen molar-refractivity contribution in [2.75, 3.05) is 19.7 Å². The molecule has 6 heteroatoms. The van der Waals surface area contributed by atoms with Crippen LogP contribution in [0.4, 0.5) is 8.78 Å². The Balaban J connectivity index is 2.00. The molecule has 1 fully saturated rings. The van der Waals surface area contributed by atoms with Crippen LogP contribution in [0.3, 0.4) is 0 Å². The van der Waals surface area contributed by atoms with Crippen LogP contribution in [0.15, 0.2) is 24.3 Å². The van der Waals surface area contributed by atoms with Crippen LogP contribution in [0.5, 0.6) is 0 Å². The molecule has 1 aromatic heterocycles. The fourth-order valence-corrected chi connectivity index (χ4v) is 6.06. The van der Waals surface area contributed by atoms with Gasteiger partial charge in [0, 0.05) is 18.6 Å². The second-order valence-corrected chi connectivity index (χ2v) is 11.0. The number of aliphatic hydroxyl groups excluding tert-OH is 1. The summed E-state index contributed by atoms with van der Waals surface area (Å²) in [4.78, 5) is 4.93. The van der Waals surface area contributed by atoms with Crippen LogP contribution in [0.2, 0.25) is 0 Å². The van der Waals surface area contributed by atoms with E-state index in [1.165, 1.54) is 0 Å². The van der Waals surface area contributed by atoms with Gasteiger partial charge in [-0.3, -0.25) is 0 Å². The number of aromatic nitrogens is 2. The molecule has 0 amide bonds. The van der Waals surface area contributed by atoms with E-state index in [-0.39, 0.29) is 24.5 Å². The second-order valence-electron chi connectivity index (χ2n) is 11.0. The van der Waals surface area contributed by atoms with Crippen molar-refractivity contribution in [3.63, 3.8) is 0 Å². The molecular weight excluding hydrogens is 420 g/mol. The summed E-state index contributed by atoms with van der Waals surface area (Å²) in [5.74, 6) is 3.07. The zero-order chi connectivity index (χ0) is 24.2. The van der Waals surface area contributed by atoms with Crippen LogP contribution in [0.25, 0.3) is 11.0 Å². The van der Waals surface area contributed by atoms with E-state index in [1.807, 2.05) is 24.3 Å². The van der Waals surface area contributed by atoms with Gasteiger partial charge < -0.3 is 15.0 Å². The molecule has 0 radical (unpaired) electrons. The van der Waals surface area contributed by atoms with Gasteiger partial charge in [0.05, 0.1) is 17.6 Å². The second kappa shape index (κ2) is 11.3. The topological polar surface area (TPSA) is 50.1 Å². The van der Waals surface area contributed by atoms with Crippen molar-refractivity contribution in [3.05, 3.63) is 30.1 Å². The largest absolute Gasteiger partial charge is 0.396 e. The highest BCUT2D eigenvalue weighted by Crippen LogP contribution is 2.43. The molecule has 2 heterocycles. The van der Waals surface area contributed by atoms with E-state index in [0.29, 0.717) is 23.7 Å². The molecule has 0 spiro atoms. The molecule has 4 nitrogen and oxygen atoms in total. The van der Waals surface area contributed by atoms with Gasteiger partial charge in [-0.15, -0.1) is 0 Å². The molecular formula is C27H43F2N3O. The van der Waals surface area contributed by atoms with Crippen LogP contribution in [-0.2, 0) is 12.0 Å². The van der Waals surface area contributed by atoms with Crippen LogP contribution < -0.4 is 5.32 Å². The van der Waals surface area contributed by atoms with Crippen LogP contribution in [0, 0.1) is 29.6 Å². The lowest BCUT2D eigenvalue weighted by Gasteiger charge is -2.42. The Morgan fingerprint density at radius 2 is 1.94 bits per heavy atom. The van der Waals surface area contributed by atoms with Crippen molar-refractivity contribution >= 4 is 11.0 Å². The molecule has 1 aliphatic heterocycles. The van der Waals surface area contributed by atoms with Crippen LogP contribution in [0.1, 0.15) is 66.1 Å². The summed E-state index contributed by atoms with van der Waals surface area (Å²) in [6.45, 7) is 13.0. The maximum atomic E-state index is 13.6. The molecule has 0 aliphatic carbocycles. The monoisotopic (exact) mass is 463 g/mol. The minimum atomic E-state index is -2.43. The number of nitrogens with one attached hydrogen (secondary N) is 1. The van der Waals surface area contributed by atoms with Gasteiger partial charge in [-0.2, -0.15) is 0 Å². The fourth-order valence-electron chi connectivity index (χ4n) is 6.06. The highest BCUT2D eigenvalue weighted by atomic mass is 19.3. The lowest BCUT2D eigenvalue weighted by molar-refractivity contribution is 0.0915. The molecule has 1 saturated heterocycles. The minimum absolute atomic E-state index is 0.212. The summed E-state index contributed by atoms with van der Waals surface area (Å²) in [6, 6.07) is 7.65. The first-order chi connectivity index (χ1) is 15.7. The van der Waals surface area contributed by atoms with Crippen molar-refractivity contribution in [1.29, 1.82) is 0 Å². The minimum Gasteiger partial charge on any atom is -0.396 e. The summed E-state index contributed by atoms with van der Waals surface area (Å²) in [6.07, 6.45) is 1.48. The van der Waals surface area contributed by atoms with Gasteiger partial charge in [0.25, 0.3) is 6.43 Å². The first-order valence-corrected chi connectivity index (χ1v) is 12.7. The van der Waals surface area contributed by atoms with Crippen molar-refractivity contribution in [2.24, 2.45) is 29.6 Å². The Hall–Kier alpha value is -1.53. The molecule has 5 atom stereocenters. The van der Waals surface area contributed by atoms with Crippen molar-refractivity contribution in [2.45, 2.75) is 78.7 Å². The number of nitrogens with zero attached hydrogens (tertiary/aromatic N) is 2. The lowest BCUT2D eigenvalue weighted by atomic mass is 9.66. The fraction of sp³-hybridized carbons (Fsp3) is 0.741. The van der Waals surface area contributed by atoms with E-state index in [0.717, 1.165) is 55.6 Å². The molecule has 33 heavy (non-hydrogen) atoms. The first kappa shape index (κ1) is 26.1. The molecule has 3 rings (SSSR count). The van der Waals surface area contributed by atoms with Gasteiger partial charge in [0.2, 0.25) is 0 Å². The van der Waals surface area contributed by atoms with Crippen molar-refractivity contribution in [3.8, 4) is 0 Å². The quantitative estimate of drug-likeness (QED) is 0.438. The number of alkyl halides is 2. The molecule has 1 aromatic carbocycles. The van der Waals surface area contributed by atoms with E-state index >= 15 is 0 Å². The van der Waals surface area contributed by atoms with Gasteiger partial charge in [-0.25, -0.2) is 13.8 Å². The predicted molar refractivity (Wildman–Crippen MR) is 132 cm³/mol. The number of rotatable bonds is 11. The average Bonchev–Trinajstić information content (AvgIpc) is 3.15. The van der Waals surface area contributed by atoms with Gasteiger partial charge in [0.1, 0.15) is 5.82 Å². The molecule has 2 N–H and O–H groups in total. The zero-order valence-corrected chi connectivity index (χ0v) is 21.0. The number of imidazole rings is 1. The highest BCUT2D eigenvalue weighted by molar-refractivity contribution is 5.76. The Morgan fingerprint density at radius 3 is 2.58 bits per heavy atom. The van der Waals surface area contributed by atoms with Crippen LogP contribution in [-0.4, -0.2) is 40.8 Å².